The van der Waals surface area contributed by atoms with Gasteiger partial charge in [0.1, 0.15) is 6.04 Å². The average Bonchev–Trinajstić information content (AvgIpc) is 3.14. The second kappa shape index (κ2) is 6.52. The Morgan fingerprint density at radius 3 is 2.54 bits per heavy atom. The molecule has 0 saturated heterocycles. The van der Waals surface area contributed by atoms with Gasteiger partial charge in [0.25, 0.3) is 0 Å². The van der Waals surface area contributed by atoms with Crippen molar-refractivity contribution in [1.82, 2.24) is 9.62 Å². The number of nitrogens with zero attached hydrogens (tertiary/aromatic N) is 1. The van der Waals surface area contributed by atoms with E-state index in [1.165, 1.54) is 9.87 Å². The normalized spacial score (nSPS) is 19.7. The number of hydrogen-bond acceptors (Lipinski definition) is 3. The van der Waals surface area contributed by atoms with Gasteiger partial charge in [-0.1, -0.05) is 30.3 Å². The monoisotopic (exact) mass is 370 g/mol. The first-order valence-electron chi connectivity index (χ1n) is 8.93. The van der Waals surface area contributed by atoms with Crippen LogP contribution in [0.3, 0.4) is 0 Å². The molecule has 0 radical (unpaired) electrons. The van der Waals surface area contributed by atoms with Gasteiger partial charge < -0.3 is 5.32 Å². The van der Waals surface area contributed by atoms with Crippen LogP contribution in [0.4, 0.5) is 0 Å². The zero-order chi connectivity index (χ0) is 18.3. The Morgan fingerprint density at radius 2 is 1.77 bits per heavy atom. The van der Waals surface area contributed by atoms with Crippen LogP contribution in [-0.4, -0.2) is 31.7 Å². The van der Waals surface area contributed by atoms with Gasteiger partial charge in [-0.05, 0) is 60.1 Å². The van der Waals surface area contributed by atoms with E-state index in [-0.39, 0.29) is 17.3 Å². The first kappa shape index (κ1) is 17.2. The number of nitrogens with one attached hydrogen (secondary N) is 1. The molecule has 1 atom stereocenters. The van der Waals surface area contributed by atoms with Crippen LogP contribution in [0.5, 0.6) is 0 Å². The zero-order valence-corrected chi connectivity index (χ0v) is 15.6. The van der Waals surface area contributed by atoms with E-state index in [2.05, 4.69) is 5.32 Å². The van der Waals surface area contributed by atoms with Gasteiger partial charge in [0.2, 0.25) is 15.9 Å². The fourth-order valence-corrected chi connectivity index (χ4v) is 5.60. The quantitative estimate of drug-likeness (QED) is 0.899. The van der Waals surface area contributed by atoms with Crippen molar-refractivity contribution in [3.8, 4) is 0 Å². The van der Waals surface area contributed by atoms with E-state index in [4.69, 9.17) is 0 Å². The molecule has 1 unspecified atom stereocenters. The molecule has 2 aromatic rings. The van der Waals surface area contributed by atoms with Crippen molar-refractivity contribution >= 4 is 15.9 Å². The molecule has 1 heterocycles. The Kier molecular flexibility index (Phi) is 4.32. The van der Waals surface area contributed by atoms with Crippen LogP contribution in [0.2, 0.25) is 0 Å². The van der Waals surface area contributed by atoms with Gasteiger partial charge in [-0.25, -0.2) is 8.42 Å². The third-order valence-electron chi connectivity index (χ3n) is 5.43. The topological polar surface area (TPSA) is 66.5 Å². The summed E-state index contributed by atoms with van der Waals surface area (Å²) in [5.41, 5.74) is 4.33. The summed E-state index contributed by atoms with van der Waals surface area (Å²) in [4.78, 5) is 12.7. The van der Waals surface area contributed by atoms with Crippen molar-refractivity contribution in [3.05, 3.63) is 64.7 Å². The fourth-order valence-electron chi connectivity index (χ4n) is 3.99. The summed E-state index contributed by atoms with van der Waals surface area (Å²) >= 11 is 0. The second-order valence-corrected chi connectivity index (χ2v) is 8.83. The van der Waals surface area contributed by atoms with Crippen LogP contribution in [0, 0.1) is 0 Å². The number of aryl methyl sites for hydroxylation is 2. The van der Waals surface area contributed by atoms with E-state index in [1.807, 2.05) is 30.3 Å². The van der Waals surface area contributed by atoms with Gasteiger partial charge in [0, 0.05) is 13.6 Å². The number of carbonyl (C=O) groups excluding carboxylic acids is 1. The molecule has 1 N–H and O–H groups in total. The number of sulfonamides is 1. The molecule has 0 fully saturated rings. The van der Waals surface area contributed by atoms with Crippen LogP contribution in [0.25, 0.3) is 0 Å². The van der Waals surface area contributed by atoms with Gasteiger partial charge >= 0.3 is 0 Å². The van der Waals surface area contributed by atoms with E-state index in [9.17, 15) is 13.2 Å². The molecule has 1 aliphatic heterocycles. The minimum absolute atomic E-state index is 0.216. The van der Waals surface area contributed by atoms with Crippen molar-refractivity contribution in [2.45, 2.75) is 43.2 Å². The maximum Gasteiger partial charge on any atom is 0.244 e. The highest BCUT2D eigenvalue weighted by Crippen LogP contribution is 2.31. The Balaban J connectivity index is 1.76. The Hall–Kier alpha value is -2.18. The zero-order valence-electron chi connectivity index (χ0n) is 14.7. The van der Waals surface area contributed by atoms with Gasteiger partial charge in [-0.3, -0.25) is 4.79 Å². The van der Waals surface area contributed by atoms with Gasteiger partial charge in [0.05, 0.1) is 4.90 Å². The number of amides is 1. The van der Waals surface area contributed by atoms with Crippen LogP contribution in [0.1, 0.15) is 28.7 Å². The molecule has 26 heavy (non-hydrogen) atoms. The lowest BCUT2D eigenvalue weighted by Gasteiger charge is -2.34. The first-order valence-corrected chi connectivity index (χ1v) is 10.4. The van der Waals surface area contributed by atoms with Gasteiger partial charge in [0.15, 0.2) is 0 Å². The molecule has 0 spiro atoms. The number of carbonyl (C=O) groups is 1. The standard InChI is InChI=1S/C20H22N2O3S/c1-21-20(23)19-12-16-5-2-3-6-17(16)13-22(19)26(24,25)18-10-9-14-7-4-8-15(14)11-18/h2-3,5-6,9-11,19H,4,7-8,12-13H2,1H3,(H,21,23). The highest BCUT2D eigenvalue weighted by Gasteiger charge is 2.39. The Morgan fingerprint density at radius 1 is 1.04 bits per heavy atom. The van der Waals surface area contributed by atoms with E-state index in [0.29, 0.717) is 6.42 Å². The maximum atomic E-state index is 13.4. The lowest BCUT2D eigenvalue weighted by molar-refractivity contribution is -0.124. The van der Waals surface area contributed by atoms with Gasteiger partial charge in [-0.2, -0.15) is 4.31 Å². The van der Waals surface area contributed by atoms with Crippen LogP contribution in [-0.2, 0) is 40.6 Å². The van der Waals surface area contributed by atoms with E-state index in [1.54, 1.807) is 19.2 Å². The molecule has 4 rings (SSSR count). The third-order valence-corrected chi connectivity index (χ3v) is 7.28. The second-order valence-electron chi connectivity index (χ2n) is 6.94. The number of benzene rings is 2. The summed E-state index contributed by atoms with van der Waals surface area (Å²) in [7, 11) is -2.21. The summed E-state index contributed by atoms with van der Waals surface area (Å²) in [6.45, 7) is 0.216. The molecule has 1 amide bonds. The molecule has 2 aromatic carbocycles. The Bertz CT molecular complexity index is 969. The summed E-state index contributed by atoms with van der Waals surface area (Å²) in [5.74, 6) is -0.274. The minimum Gasteiger partial charge on any atom is -0.358 e. The summed E-state index contributed by atoms with van der Waals surface area (Å²) in [6.07, 6.45) is 3.38. The van der Waals surface area contributed by atoms with Crippen LogP contribution < -0.4 is 5.32 Å². The highest BCUT2D eigenvalue weighted by molar-refractivity contribution is 7.89. The Labute approximate surface area is 154 Å². The van der Waals surface area contributed by atoms with Crippen molar-refractivity contribution < 1.29 is 13.2 Å². The SMILES string of the molecule is CNC(=O)C1Cc2ccccc2CN1S(=O)(=O)c1ccc2c(c1)CCC2. The van der Waals surface area contributed by atoms with Crippen molar-refractivity contribution in [3.63, 3.8) is 0 Å². The summed E-state index contributed by atoms with van der Waals surface area (Å²) in [6, 6.07) is 12.4. The lowest BCUT2D eigenvalue weighted by atomic mass is 9.95. The van der Waals surface area contributed by atoms with E-state index in [0.717, 1.165) is 36.0 Å². The van der Waals surface area contributed by atoms with E-state index < -0.39 is 16.1 Å². The van der Waals surface area contributed by atoms with Crippen molar-refractivity contribution in [1.29, 1.82) is 0 Å². The molecular formula is C20H22N2O3S. The molecule has 0 saturated carbocycles. The molecule has 0 bridgehead atoms. The molecule has 1 aliphatic carbocycles. The van der Waals surface area contributed by atoms with Crippen LogP contribution >= 0.6 is 0 Å². The number of fused-ring (bicyclic) bond motifs is 2. The molecule has 0 aromatic heterocycles. The number of rotatable bonds is 3. The first-order chi connectivity index (χ1) is 12.5. The fraction of sp³-hybridized carbons (Fsp3) is 0.350. The molecule has 5 nitrogen and oxygen atoms in total. The average molecular weight is 370 g/mol. The van der Waals surface area contributed by atoms with Crippen LogP contribution in [0.15, 0.2) is 47.4 Å². The van der Waals surface area contributed by atoms with Crippen molar-refractivity contribution in [2.75, 3.05) is 7.05 Å². The van der Waals surface area contributed by atoms with Gasteiger partial charge in [-0.15, -0.1) is 0 Å². The summed E-state index contributed by atoms with van der Waals surface area (Å²) < 4.78 is 28.1. The maximum absolute atomic E-state index is 13.4. The molecule has 136 valence electrons. The largest absolute Gasteiger partial charge is 0.358 e. The molecule has 2 aliphatic rings. The lowest BCUT2D eigenvalue weighted by Crippen LogP contribution is -2.51. The number of hydrogen-bond donors (Lipinski definition) is 1. The minimum atomic E-state index is -3.76. The summed E-state index contributed by atoms with van der Waals surface area (Å²) in [5, 5.41) is 2.62. The molecule has 6 heteroatoms. The smallest absolute Gasteiger partial charge is 0.244 e. The van der Waals surface area contributed by atoms with Crippen molar-refractivity contribution in [2.24, 2.45) is 0 Å². The highest BCUT2D eigenvalue weighted by atomic mass is 32.2. The molecular weight excluding hydrogens is 348 g/mol. The van der Waals surface area contributed by atoms with E-state index >= 15 is 0 Å². The third kappa shape index (κ3) is 2.83. The number of likely N-dealkylation sites (N-methyl/N-ethyl adjacent to an activating group) is 1. The predicted octanol–water partition coefficient (Wildman–Crippen LogP) is 2.04. The predicted molar refractivity (Wildman–Crippen MR) is 99.2 cm³/mol.